The Hall–Kier alpha value is -4.31. The number of carboxylic acids is 1. The molecule has 0 saturated carbocycles. The summed E-state index contributed by atoms with van der Waals surface area (Å²) in [6.45, 7) is 14.7. The van der Waals surface area contributed by atoms with Crippen LogP contribution in [0.15, 0.2) is 48.8 Å². The van der Waals surface area contributed by atoms with E-state index in [1.165, 1.54) is 11.1 Å². The van der Waals surface area contributed by atoms with E-state index in [-0.39, 0.29) is 18.5 Å². The molecule has 43 heavy (non-hydrogen) atoms. The highest BCUT2D eigenvalue weighted by Crippen LogP contribution is 2.44. The third-order valence-electron chi connectivity index (χ3n) is 8.43. The van der Waals surface area contributed by atoms with Crippen molar-refractivity contribution in [1.82, 2.24) is 24.9 Å². The molecular formula is C33H41N5O5. The number of carbonyl (C=O) groups is 2. The summed E-state index contributed by atoms with van der Waals surface area (Å²) in [5.74, 6) is -0.304. The molecule has 3 heterocycles. The van der Waals surface area contributed by atoms with Crippen LogP contribution in [0.2, 0.25) is 0 Å². The van der Waals surface area contributed by atoms with Gasteiger partial charge in [0, 0.05) is 50.1 Å². The van der Waals surface area contributed by atoms with Crippen LogP contribution in [0.25, 0.3) is 11.0 Å². The zero-order valence-corrected chi connectivity index (χ0v) is 25.7. The first-order chi connectivity index (χ1) is 20.5. The zero-order chi connectivity index (χ0) is 31.3. The predicted octanol–water partition coefficient (Wildman–Crippen LogP) is 5.58. The summed E-state index contributed by atoms with van der Waals surface area (Å²) >= 11 is 0. The number of aryl methyl sites for hydroxylation is 3. The van der Waals surface area contributed by atoms with Gasteiger partial charge >= 0.3 is 5.97 Å². The average Bonchev–Trinajstić information content (AvgIpc) is 3.31. The Balaban J connectivity index is 0.00000135. The molecule has 2 N–H and O–H groups in total. The molecule has 1 aliphatic heterocycles. The van der Waals surface area contributed by atoms with Crippen LogP contribution < -0.4 is 4.74 Å². The van der Waals surface area contributed by atoms with Gasteiger partial charge in [0.25, 0.3) is 6.47 Å². The molecule has 0 spiro atoms. The highest BCUT2D eigenvalue weighted by molar-refractivity contribution is 5.82. The van der Waals surface area contributed by atoms with Gasteiger partial charge in [-0.25, -0.2) is 4.68 Å². The van der Waals surface area contributed by atoms with E-state index in [0.29, 0.717) is 0 Å². The lowest BCUT2D eigenvalue weighted by molar-refractivity contribution is -0.147. The molecule has 10 heteroatoms. The molecule has 0 unspecified atom stereocenters. The van der Waals surface area contributed by atoms with Gasteiger partial charge in [-0.2, -0.15) is 0 Å². The van der Waals surface area contributed by atoms with Crippen molar-refractivity contribution in [2.75, 3.05) is 6.54 Å². The zero-order valence-electron chi connectivity index (χ0n) is 25.7. The maximum Gasteiger partial charge on any atom is 0.310 e. The first kappa shape index (κ1) is 31.6. The number of fused-ring (bicyclic) bond motifs is 2. The second-order valence-corrected chi connectivity index (χ2v) is 11.6. The minimum absolute atomic E-state index is 0.0942. The van der Waals surface area contributed by atoms with Crippen molar-refractivity contribution in [2.24, 2.45) is 5.41 Å². The molecule has 5 rings (SSSR count). The van der Waals surface area contributed by atoms with Crippen LogP contribution in [0.1, 0.15) is 73.4 Å². The van der Waals surface area contributed by atoms with Crippen LogP contribution in [0, 0.1) is 19.3 Å². The first-order valence-corrected chi connectivity index (χ1v) is 14.6. The number of pyridine rings is 1. The number of aromatic nitrogens is 4. The number of benzene rings is 2. The van der Waals surface area contributed by atoms with E-state index < -0.39 is 11.4 Å². The molecule has 228 valence electrons. The van der Waals surface area contributed by atoms with Gasteiger partial charge in [0.05, 0.1) is 10.9 Å². The van der Waals surface area contributed by atoms with Crippen LogP contribution >= 0.6 is 0 Å². The number of hydrogen-bond donors (Lipinski definition) is 2. The molecule has 1 aliphatic rings. The number of carboxylic acid groups (broad SMARTS) is 2. The molecular weight excluding hydrogens is 546 g/mol. The molecule has 10 nitrogen and oxygen atoms in total. The van der Waals surface area contributed by atoms with Crippen LogP contribution in [0.3, 0.4) is 0 Å². The lowest BCUT2D eigenvalue weighted by Gasteiger charge is -2.33. The van der Waals surface area contributed by atoms with E-state index in [1.54, 1.807) is 6.20 Å². The van der Waals surface area contributed by atoms with Crippen molar-refractivity contribution in [1.29, 1.82) is 0 Å². The predicted molar refractivity (Wildman–Crippen MR) is 164 cm³/mol. The lowest BCUT2D eigenvalue weighted by atomic mass is 9.69. The van der Waals surface area contributed by atoms with Gasteiger partial charge in [0.15, 0.2) is 0 Å². The van der Waals surface area contributed by atoms with Gasteiger partial charge in [-0.15, -0.1) is 5.10 Å². The number of aliphatic carboxylic acids is 1. The summed E-state index contributed by atoms with van der Waals surface area (Å²) in [6, 6.07) is 12.4. The van der Waals surface area contributed by atoms with Crippen molar-refractivity contribution in [3.8, 4) is 5.75 Å². The van der Waals surface area contributed by atoms with Crippen LogP contribution in [-0.4, -0.2) is 60.2 Å². The molecule has 0 amide bonds. The fourth-order valence-corrected chi connectivity index (χ4v) is 5.91. The third kappa shape index (κ3) is 6.54. The van der Waals surface area contributed by atoms with E-state index in [9.17, 15) is 9.90 Å². The summed E-state index contributed by atoms with van der Waals surface area (Å²) in [7, 11) is 0. The maximum absolute atomic E-state index is 12.7. The first-order valence-electron chi connectivity index (χ1n) is 14.6. The van der Waals surface area contributed by atoms with Crippen molar-refractivity contribution in [3.05, 3.63) is 82.2 Å². The quantitative estimate of drug-likeness (QED) is 0.254. The topological polar surface area (TPSA) is 131 Å². The van der Waals surface area contributed by atoms with Crippen molar-refractivity contribution >= 4 is 23.5 Å². The molecule has 0 bridgehead atoms. The van der Waals surface area contributed by atoms with Crippen molar-refractivity contribution in [3.63, 3.8) is 0 Å². The molecule has 0 radical (unpaired) electrons. The molecule has 0 fully saturated rings. The maximum atomic E-state index is 12.7. The summed E-state index contributed by atoms with van der Waals surface area (Å²) in [5.41, 5.74) is 7.09. The minimum atomic E-state index is -1.06. The minimum Gasteiger partial charge on any atom is -0.489 e. The van der Waals surface area contributed by atoms with Gasteiger partial charge in [-0.1, -0.05) is 36.4 Å². The van der Waals surface area contributed by atoms with Gasteiger partial charge < -0.3 is 14.9 Å². The number of ether oxygens (including phenoxy) is 1. The van der Waals surface area contributed by atoms with Gasteiger partial charge in [0.2, 0.25) is 0 Å². The van der Waals surface area contributed by atoms with Gasteiger partial charge in [0.1, 0.15) is 17.4 Å². The number of hydrogen-bond acceptors (Lipinski definition) is 7. The summed E-state index contributed by atoms with van der Waals surface area (Å²) in [6.07, 6.45) is 4.68. The fourth-order valence-electron chi connectivity index (χ4n) is 5.91. The van der Waals surface area contributed by atoms with E-state index in [2.05, 4.69) is 58.3 Å². The summed E-state index contributed by atoms with van der Waals surface area (Å²) in [5, 5.41) is 26.0. The van der Waals surface area contributed by atoms with Crippen LogP contribution in [0.5, 0.6) is 5.75 Å². The number of rotatable bonds is 8. The molecule has 2 aromatic heterocycles. The van der Waals surface area contributed by atoms with E-state index >= 15 is 0 Å². The normalized spacial score (nSPS) is 15.9. The Bertz CT molecular complexity index is 1600. The highest BCUT2D eigenvalue weighted by Gasteiger charge is 2.40. The molecule has 0 saturated heterocycles. The highest BCUT2D eigenvalue weighted by atomic mass is 16.5. The fraction of sp³-hybridized carbons (Fsp3) is 0.424. The summed E-state index contributed by atoms with van der Waals surface area (Å²) < 4.78 is 8.16. The molecule has 2 aromatic carbocycles. The summed E-state index contributed by atoms with van der Waals surface area (Å²) in [4.78, 5) is 27.8. The molecule has 0 aliphatic carbocycles. The van der Waals surface area contributed by atoms with Crippen molar-refractivity contribution in [2.45, 2.75) is 79.6 Å². The Morgan fingerprint density at radius 3 is 2.60 bits per heavy atom. The third-order valence-corrected chi connectivity index (χ3v) is 8.43. The Morgan fingerprint density at radius 2 is 1.93 bits per heavy atom. The van der Waals surface area contributed by atoms with E-state index in [1.807, 2.05) is 50.7 Å². The second-order valence-electron chi connectivity index (χ2n) is 11.6. The average molecular weight is 588 g/mol. The van der Waals surface area contributed by atoms with Crippen LogP contribution in [0.4, 0.5) is 0 Å². The second kappa shape index (κ2) is 13.3. The Labute approximate surface area is 252 Å². The smallest absolute Gasteiger partial charge is 0.310 e. The van der Waals surface area contributed by atoms with Gasteiger partial charge in [-0.05, 0) is 81.0 Å². The molecule has 2 atom stereocenters. The standard InChI is InChI=1S/C32H39N5O3.CH2O2/c1-7-25-19-36(18-24-16-33-14-13-28(24)40-25)17-23-15-22(10-9-20(23)3)29(32(5,6)31(38)39)26-11-12-27-30(21(26)4)34-35-37(27)8-2;2-1-3/h9-16,25,29H,7-8,17-19H2,1-6H3,(H,38,39);1H,(H,2,3)/t25-,29+;/m1./s1. The monoisotopic (exact) mass is 587 g/mol. The number of nitrogens with zero attached hydrogens (tertiary/aromatic N) is 5. The SMILES string of the molecule is CC[C@@H]1CN(Cc2cc([C@@H](c3ccc4c(nnn4CC)c3C)C(C)(C)C(=O)O)ccc2C)Cc2cnccc2O1.O=CO. The van der Waals surface area contributed by atoms with Crippen LogP contribution in [-0.2, 0) is 29.2 Å². The Kier molecular flexibility index (Phi) is 9.80. The van der Waals surface area contributed by atoms with E-state index in [4.69, 9.17) is 14.6 Å². The van der Waals surface area contributed by atoms with Crippen molar-refractivity contribution < 1.29 is 24.5 Å². The van der Waals surface area contributed by atoms with Gasteiger partial charge in [-0.3, -0.25) is 19.5 Å². The molecule has 4 aromatic rings. The largest absolute Gasteiger partial charge is 0.489 e. The Morgan fingerprint density at radius 1 is 1.19 bits per heavy atom. The lowest BCUT2D eigenvalue weighted by Crippen LogP contribution is -2.33. The van der Waals surface area contributed by atoms with E-state index in [0.717, 1.165) is 71.6 Å².